The third kappa shape index (κ3) is 5.20. The van der Waals surface area contributed by atoms with Gasteiger partial charge in [-0.1, -0.05) is 0 Å². The number of halogens is 3. The summed E-state index contributed by atoms with van der Waals surface area (Å²) in [6.45, 7) is 1.78. The molecule has 2 heterocycles. The van der Waals surface area contributed by atoms with Gasteiger partial charge in [-0.25, -0.2) is 4.39 Å². The maximum Gasteiger partial charge on any atom is 0.254 e. The second-order valence-corrected chi connectivity index (χ2v) is 7.70. The van der Waals surface area contributed by atoms with Gasteiger partial charge >= 0.3 is 0 Å². The molecule has 164 valence electrons. The maximum absolute atomic E-state index is 13.9. The quantitative estimate of drug-likeness (QED) is 0.723. The van der Waals surface area contributed by atoms with Crippen LogP contribution in [0.3, 0.4) is 0 Å². The van der Waals surface area contributed by atoms with Crippen LogP contribution in [0.15, 0.2) is 24.3 Å². The summed E-state index contributed by atoms with van der Waals surface area (Å²) in [5, 5.41) is 3.34. The van der Waals surface area contributed by atoms with Gasteiger partial charge < -0.3 is 16.0 Å². The summed E-state index contributed by atoms with van der Waals surface area (Å²) in [7, 11) is 0. The summed E-state index contributed by atoms with van der Waals surface area (Å²) in [5.74, 6) is -0.460. The molecule has 2 aliphatic rings. The molecule has 0 radical (unpaired) electrons. The number of nitrogens with zero attached hydrogens (tertiary/aromatic N) is 2. The van der Waals surface area contributed by atoms with Gasteiger partial charge in [-0.05, 0) is 49.9 Å². The fourth-order valence-corrected chi connectivity index (χ4v) is 3.87. The van der Waals surface area contributed by atoms with E-state index in [9.17, 15) is 14.0 Å². The van der Waals surface area contributed by atoms with Crippen molar-refractivity contribution < 1.29 is 14.0 Å². The van der Waals surface area contributed by atoms with E-state index in [2.05, 4.69) is 10.3 Å². The number of pyridine rings is 1. The third-order valence-electron chi connectivity index (χ3n) is 5.54. The first-order chi connectivity index (χ1) is 13.6. The van der Waals surface area contributed by atoms with E-state index in [0.717, 1.165) is 31.4 Å². The SMILES string of the molecule is Cl.Cl.NCCNC(=O)C1CCCN(C(=O)c2cc(C3CC3)nc3ccc(F)cc23)C1. The average Bonchev–Trinajstić information content (AvgIpc) is 3.56. The summed E-state index contributed by atoms with van der Waals surface area (Å²) in [4.78, 5) is 32.0. The van der Waals surface area contributed by atoms with Crippen molar-refractivity contribution >= 4 is 47.5 Å². The summed E-state index contributed by atoms with van der Waals surface area (Å²) < 4.78 is 13.9. The van der Waals surface area contributed by atoms with Crippen molar-refractivity contribution in [3.8, 4) is 0 Å². The smallest absolute Gasteiger partial charge is 0.254 e. The van der Waals surface area contributed by atoms with Crippen LogP contribution in [0.2, 0.25) is 0 Å². The molecule has 2 aromatic rings. The largest absolute Gasteiger partial charge is 0.355 e. The van der Waals surface area contributed by atoms with Gasteiger partial charge in [-0.15, -0.1) is 24.8 Å². The highest BCUT2D eigenvalue weighted by atomic mass is 35.5. The number of hydrogen-bond donors (Lipinski definition) is 2. The first-order valence-electron chi connectivity index (χ1n) is 9.94. The molecular formula is C21H27Cl2FN4O2. The summed E-state index contributed by atoms with van der Waals surface area (Å²) in [6, 6.07) is 6.20. The van der Waals surface area contributed by atoms with Gasteiger partial charge in [0.25, 0.3) is 5.91 Å². The molecule has 1 aliphatic carbocycles. The zero-order valence-electron chi connectivity index (χ0n) is 16.6. The number of benzene rings is 1. The fraction of sp³-hybridized carbons (Fsp3) is 0.476. The number of carbonyl (C=O) groups excluding carboxylic acids is 2. The minimum atomic E-state index is -0.389. The van der Waals surface area contributed by atoms with Gasteiger partial charge in [0.2, 0.25) is 5.91 Å². The normalized spacial score (nSPS) is 18.3. The average molecular weight is 457 g/mol. The Balaban J connectivity index is 0.00000160. The van der Waals surface area contributed by atoms with E-state index < -0.39 is 0 Å². The number of fused-ring (bicyclic) bond motifs is 1. The van der Waals surface area contributed by atoms with Crippen molar-refractivity contribution in [1.29, 1.82) is 0 Å². The summed E-state index contributed by atoms with van der Waals surface area (Å²) >= 11 is 0. The lowest BCUT2D eigenvalue weighted by atomic mass is 9.95. The maximum atomic E-state index is 13.9. The van der Waals surface area contributed by atoms with E-state index >= 15 is 0 Å². The highest BCUT2D eigenvalue weighted by Crippen LogP contribution is 2.40. The molecule has 3 N–H and O–H groups in total. The molecule has 1 saturated heterocycles. The molecule has 1 saturated carbocycles. The molecule has 1 aromatic heterocycles. The molecule has 0 bridgehead atoms. The lowest BCUT2D eigenvalue weighted by molar-refractivity contribution is -0.126. The van der Waals surface area contributed by atoms with Gasteiger partial charge in [0.15, 0.2) is 0 Å². The first-order valence-corrected chi connectivity index (χ1v) is 9.94. The van der Waals surface area contributed by atoms with Gasteiger partial charge in [-0.2, -0.15) is 0 Å². The number of amides is 2. The van der Waals surface area contributed by atoms with Crippen molar-refractivity contribution in [2.24, 2.45) is 11.7 Å². The zero-order valence-corrected chi connectivity index (χ0v) is 18.2. The minimum Gasteiger partial charge on any atom is -0.355 e. The monoisotopic (exact) mass is 456 g/mol. The van der Waals surface area contributed by atoms with Crippen molar-refractivity contribution in [2.45, 2.75) is 31.6 Å². The standard InChI is InChI=1S/C21H25FN4O2.2ClH/c22-15-5-6-18-16(10-15)17(11-19(25-18)13-3-4-13)21(28)26-9-1-2-14(12-26)20(27)24-8-7-23;;/h5-6,10-11,13-14H,1-4,7-9,12,23H2,(H,24,27);2*1H. The van der Waals surface area contributed by atoms with Crippen LogP contribution in [0, 0.1) is 11.7 Å². The minimum absolute atomic E-state index is 0. The lowest BCUT2D eigenvalue weighted by Gasteiger charge is -2.32. The molecule has 6 nitrogen and oxygen atoms in total. The molecule has 2 fully saturated rings. The predicted molar refractivity (Wildman–Crippen MR) is 119 cm³/mol. The fourth-order valence-electron chi connectivity index (χ4n) is 3.87. The van der Waals surface area contributed by atoms with Crippen LogP contribution in [0.25, 0.3) is 10.9 Å². The molecular weight excluding hydrogens is 430 g/mol. The van der Waals surface area contributed by atoms with Gasteiger partial charge in [0.05, 0.1) is 17.0 Å². The Morgan fingerprint density at radius 1 is 1.20 bits per heavy atom. The van der Waals surface area contributed by atoms with Crippen LogP contribution in [-0.4, -0.2) is 47.9 Å². The number of rotatable bonds is 5. The van der Waals surface area contributed by atoms with E-state index in [1.54, 1.807) is 11.0 Å². The van der Waals surface area contributed by atoms with E-state index in [4.69, 9.17) is 5.73 Å². The zero-order chi connectivity index (χ0) is 19.7. The molecule has 1 atom stereocenters. The summed E-state index contributed by atoms with van der Waals surface area (Å²) in [6.07, 6.45) is 3.65. The van der Waals surface area contributed by atoms with Crippen LogP contribution in [0.5, 0.6) is 0 Å². The van der Waals surface area contributed by atoms with Crippen molar-refractivity contribution in [1.82, 2.24) is 15.2 Å². The van der Waals surface area contributed by atoms with Crippen LogP contribution in [0.1, 0.15) is 47.7 Å². The van der Waals surface area contributed by atoms with Crippen LogP contribution in [0.4, 0.5) is 4.39 Å². The molecule has 1 unspecified atom stereocenters. The molecule has 1 aromatic carbocycles. The highest BCUT2D eigenvalue weighted by Gasteiger charge is 2.31. The number of hydrogen-bond acceptors (Lipinski definition) is 4. The molecule has 9 heteroatoms. The highest BCUT2D eigenvalue weighted by molar-refractivity contribution is 6.06. The second-order valence-electron chi connectivity index (χ2n) is 7.70. The number of nitrogens with one attached hydrogen (secondary N) is 1. The van der Waals surface area contributed by atoms with Gasteiger partial charge in [0.1, 0.15) is 5.82 Å². The second kappa shape index (κ2) is 10.4. The Morgan fingerprint density at radius 3 is 2.67 bits per heavy atom. The van der Waals surface area contributed by atoms with Gasteiger partial charge in [0, 0.05) is 43.2 Å². The number of piperidine rings is 1. The Bertz CT molecular complexity index is 923. The Labute approximate surface area is 187 Å². The number of nitrogens with two attached hydrogens (primary N) is 1. The van der Waals surface area contributed by atoms with Crippen LogP contribution >= 0.6 is 24.8 Å². The topological polar surface area (TPSA) is 88.3 Å². The van der Waals surface area contributed by atoms with Crippen molar-refractivity contribution in [3.63, 3.8) is 0 Å². The first kappa shape index (κ1) is 24.3. The van der Waals surface area contributed by atoms with Crippen molar-refractivity contribution in [3.05, 3.63) is 41.3 Å². The number of likely N-dealkylation sites (tertiary alicyclic amines) is 1. The molecule has 0 spiro atoms. The predicted octanol–water partition coefficient (Wildman–Crippen LogP) is 3.02. The molecule has 2 amide bonds. The Kier molecular flexibility index (Phi) is 8.41. The van der Waals surface area contributed by atoms with Crippen LogP contribution in [-0.2, 0) is 4.79 Å². The number of aromatic nitrogens is 1. The van der Waals surface area contributed by atoms with E-state index in [0.29, 0.717) is 48.6 Å². The lowest BCUT2D eigenvalue weighted by Crippen LogP contribution is -2.46. The summed E-state index contributed by atoms with van der Waals surface area (Å²) in [5.41, 5.74) is 7.47. The van der Waals surface area contributed by atoms with E-state index in [1.165, 1.54) is 12.1 Å². The van der Waals surface area contributed by atoms with Gasteiger partial charge in [-0.3, -0.25) is 14.6 Å². The van der Waals surface area contributed by atoms with E-state index in [-0.39, 0.29) is 48.4 Å². The van der Waals surface area contributed by atoms with Crippen LogP contribution < -0.4 is 11.1 Å². The third-order valence-corrected chi connectivity index (χ3v) is 5.54. The van der Waals surface area contributed by atoms with Crippen molar-refractivity contribution in [2.75, 3.05) is 26.2 Å². The van der Waals surface area contributed by atoms with E-state index in [1.807, 2.05) is 6.07 Å². The molecule has 4 rings (SSSR count). The Hall–Kier alpha value is -1.96. The Morgan fingerprint density at radius 2 is 1.97 bits per heavy atom. The molecule has 30 heavy (non-hydrogen) atoms. The number of carbonyl (C=O) groups is 2. The molecule has 1 aliphatic heterocycles.